The maximum atomic E-state index is 11.8. The quantitative estimate of drug-likeness (QED) is 0.793. The number of imidazole rings is 1. The van der Waals surface area contributed by atoms with Crippen molar-refractivity contribution < 1.29 is 14.3 Å². The predicted octanol–water partition coefficient (Wildman–Crippen LogP) is 1.20. The molecular formula is C15H17N3O3. The second-order valence-corrected chi connectivity index (χ2v) is 5.11. The molecule has 21 heavy (non-hydrogen) atoms. The van der Waals surface area contributed by atoms with Gasteiger partial charge in [-0.2, -0.15) is 0 Å². The molecule has 0 bridgehead atoms. The molecule has 0 saturated carbocycles. The van der Waals surface area contributed by atoms with Gasteiger partial charge in [0, 0.05) is 13.1 Å². The third-order valence-electron chi connectivity index (χ3n) is 3.64. The van der Waals surface area contributed by atoms with Gasteiger partial charge in [0.2, 0.25) is 0 Å². The third kappa shape index (κ3) is 3.04. The lowest BCUT2D eigenvalue weighted by Crippen LogP contribution is -2.32. The summed E-state index contributed by atoms with van der Waals surface area (Å²) in [6, 6.07) is 7.56. The number of likely N-dealkylation sites (tertiary alicyclic amines) is 1. The Labute approximate surface area is 122 Å². The van der Waals surface area contributed by atoms with E-state index in [0.29, 0.717) is 0 Å². The van der Waals surface area contributed by atoms with E-state index in [9.17, 15) is 9.59 Å². The van der Waals surface area contributed by atoms with Crippen LogP contribution in [0.5, 0.6) is 0 Å². The van der Waals surface area contributed by atoms with Crippen molar-refractivity contribution in [2.75, 3.05) is 19.7 Å². The second kappa shape index (κ2) is 5.95. The molecule has 2 heterocycles. The van der Waals surface area contributed by atoms with Crippen LogP contribution >= 0.6 is 0 Å². The van der Waals surface area contributed by atoms with Crippen LogP contribution in [-0.2, 0) is 20.9 Å². The number of nitrogens with zero attached hydrogens (tertiary/aromatic N) is 3. The van der Waals surface area contributed by atoms with Gasteiger partial charge in [-0.15, -0.1) is 0 Å². The van der Waals surface area contributed by atoms with Crippen LogP contribution in [0.15, 0.2) is 30.6 Å². The van der Waals surface area contributed by atoms with Gasteiger partial charge < -0.3 is 14.2 Å². The zero-order chi connectivity index (χ0) is 14.7. The summed E-state index contributed by atoms with van der Waals surface area (Å²) >= 11 is 0. The molecule has 3 rings (SSSR count). The van der Waals surface area contributed by atoms with Gasteiger partial charge in [0.25, 0.3) is 5.91 Å². The number of carbonyl (C=O) groups excluding carboxylic acids is 2. The van der Waals surface area contributed by atoms with E-state index in [-0.39, 0.29) is 19.1 Å². The van der Waals surface area contributed by atoms with E-state index < -0.39 is 5.97 Å². The molecule has 0 radical (unpaired) electrons. The molecule has 0 atom stereocenters. The number of rotatable bonds is 4. The zero-order valence-corrected chi connectivity index (χ0v) is 11.7. The number of hydrogen-bond acceptors (Lipinski definition) is 4. The van der Waals surface area contributed by atoms with Crippen molar-refractivity contribution in [2.45, 2.75) is 19.4 Å². The van der Waals surface area contributed by atoms with Crippen molar-refractivity contribution >= 4 is 22.9 Å². The molecule has 110 valence electrons. The van der Waals surface area contributed by atoms with Crippen LogP contribution < -0.4 is 0 Å². The summed E-state index contributed by atoms with van der Waals surface area (Å²) in [6.07, 6.45) is 3.66. The van der Waals surface area contributed by atoms with Crippen LogP contribution in [0.4, 0.5) is 0 Å². The minimum atomic E-state index is -0.425. The molecule has 1 aromatic heterocycles. The zero-order valence-electron chi connectivity index (χ0n) is 11.7. The molecule has 6 heteroatoms. The van der Waals surface area contributed by atoms with Crippen molar-refractivity contribution in [2.24, 2.45) is 0 Å². The van der Waals surface area contributed by atoms with Gasteiger partial charge in [-0.1, -0.05) is 12.1 Å². The summed E-state index contributed by atoms with van der Waals surface area (Å²) in [4.78, 5) is 29.6. The SMILES string of the molecule is O=C(Cn1cnc2ccccc21)OCC(=O)N1CCCC1. The van der Waals surface area contributed by atoms with Gasteiger partial charge in [-0.05, 0) is 25.0 Å². The first-order chi connectivity index (χ1) is 10.2. The molecule has 0 spiro atoms. The monoisotopic (exact) mass is 287 g/mol. The molecular weight excluding hydrogens is 270 g/mol. The highest BCUT2D eigenvalue weighted by molar-refractivity contribution is 5.82. The Morgan fingerprint density at radius 2 is 1.95 bits per heavy atom. The number of carbonyl (C=O) groups is 2. The number of aromatic nitrogens is 2. The van der Waals surface area contributed by atoms with E-state index in [1.807, 2.05) is 24.3 Å². The van der Waals surface area contributed by atoms with Gasteiger partial charge in [0.15, 0.2) is 6.61 Å². The molecule has 1 amide bonds. The van der Waals surface area contributed by atoms with Crippen molar-refractivity contribution in [1.29, 1.82) is 0 Å². The molecule has 6 nitrogen and oxygen atoms in total. The van der Waals surface area contributed by atoms with Crippen LogP contribution in [0.1, 0.15) is 12.8 Å². The maximum absolute atomic E-state index is 11.8. The highest BCUT2D eigenvalue weighted by atomic mass is 16.5. The first kappa shape index (κ1) is 13.6. The Kier molecular flexibility index (Phi) is 3.85. The average Bonchev–Trinajstić information content (AvgIpc) is 3.15. The van der Waals surface area contributed by atoms with Crippen molar-refractivity contribution in [1.82, 2.24) is 14.5 Å². The molecule has 1 fully saturated rings. The highest BCUT2D eigenvalue weighted by Crippen LogP contribution is 2.12. The number of fused-ring (bicyclic) bond motifs is 1. The summed E-state index contributed by atoms with van der Waals surface area (Å²) < 4.78 is 6.78. The fraction of sp³-hybridized carbons (Fsp3) is 0.400. The topological polar surface area (TPSA) is 64.4 Å². The second-order valence-electron chi connectivity index (χ2n) is 5.11. The third-order valence-corrected chi connectivity index (χ3v) is 3.64. The molecule has 2 aromatic rings. The summed E-state index contributed by atoms with van der Waals surface area (Å²) in [5.41, 5.74) is 1.71. The number of benzene rings is 1. The first-order valence-electron chi connectivity index (χ1n) is 7.07. The largest absolute Gasteiger partial charge is 0.454 e. The minimum Gasteiger partial charge on any atom is -0.454 e. The highest BCUT2D eigenvalue weighted by Gasteiger charge is 2.19. The van der Waals surface area contributed by atoms with Gasteiger partial charge in [-0.3, -0.25) is 9.59 Å². The van der Waals surface area contributed by atoms with Crippen LogP contribution in [0.3, 0.4) is 0 Å². The fourth-order valence-corrected chi connectivity index (χ4v) is 2.52. The van der Waals surface area contributed by atoms with Crippen molar-refractivity contribution in [3.63, 3.8) is 0 Å². The smallest absolute Gasteiger partial charge is 0.326 e. The van der Waals surface area contributed by atoms with E-state index in [0.717, 1.165) is 37.0 Å². The van der Waals surface area contributed by atoms with E-state index >= 15 is 0 Å². The summed E-state index contributed by atoms with van der Waals surface area (Å²) in [5, 5.41) is 0. The first-order valence-corrected chi connectivity index (χ1v) is 7.07. The van der Waals surface area contributed by atoms with Gasteiger partial charge in [-0.25, -0.2) is 4.98 Å². The fourth-order valence-electron chi connectivity index (χ4n) is 2.52. The maximum Gasteiger partial charge on any atom is 0.326 e. The normalized spacial score (nSPS) is 14.6. The lowest BCUT2D eigenvalue weighted by molar-refractivity contribution is -0.152. The molecule has 0 N–H and O–H groups in total. The lowest BCUT2D eigenvalue weighted by atomic mass is 10.3. The Morgan fingerprint density at radius 3 is 2.76 bits per heavy atom. The lowest BCUT2D eigenvalue weighted by Gasteiger charge is -2.15. The van der Waals surface area contributed by atoms with Gasteiger partial charge >= 0.3 is 5.97 Å². The van der Waals surface area contributed by atoms with E-state index in [1.54, 1.807) is 15.8 Å². The Morgan fingerprint density at radius 1 is 1.19 bits per heavy atom. The van der Waals surface area contributed by atoms with Gasteiger partial charge in [0.05, 0.1) is 17.4 Å². The molecule has 0 aliphatic carbocycles. The molecule has 0 unspecified atom stereocenters. The van der Waals surface area contributed by atoms with Crippen LogP contribution in [0.2, 0.25) is 0 Å². The van der Waals surface area contributed by atoms with Crippen molar-refractivity contribution in [3.8, 4) is 0 Å². The van der Waals surface area contributed by atoms with Gasteiger partial charge in [0.1, 0.15) is 6.54 Å². The van der Waals surface area contributed by atoms with Crippen LogP contribution in [-0.4, -0.2) is 46.0 Å². The Hall–Kier alpha value is -2.37. The van der Waals surface area contributed by atoms with Crippen molar-refractivity contribution in [3.05, 3.63) is 30.6 Å². The molecule has 1 aliphatic rings. The van der Waals surface area contributed by atoms with E-state index in [1.165, 1.54) is 0 Å². The number of amides is 1. The molecule has 1 saturated heterocycles. The van der Waals surface area contributed by atoms with Crippen LogP contribution in [0, 0.1) is 0 Å². The summed E-state index contributed by atoms with van der Waals surface area (Å²) in [6.45, 7) is 1.42. The number of ether oxygens (including phenoxy) is 1. The molecule has 1 aromatic carbocycles. The van der Waals surface area contributed by atoms with E-state index in [2.05, 4.69) is 4.98 Å². The summed E-state index contributed by atoms with van der Waals surface area (Å²) in [7, 11) is 0. The number of esters is 1. The minimum absolute atomic E-state index is 0.0633. The Balaban J connectivity index is 1.55. The molecule has 1 aliphatic heterocycles. The average molecular weight is 287 g/mol. The standard InChI is InChI=1S/C15H17N3O3/c19-14(17-7-3-4-8-17)10-21-15(20)9-18-11-16-12-5-1-2-6-13(12)18/h1-2,5-6,11H,3-4,7-10H2. The Bertz CT molecular complexity index is 659. The predicted molar refractivity (Wildman–Crippen MR) is 76.5 cm³/mol. The number of para-hydroxylation sites is 2. The number of hydrogen-bond donors (Lipinski definition) is 0. The van der Waals surface area contributed by atoms with E-state index in [4.69, 9.17) is 4.74 Å². The summed E-state index contributed by atoms with van der Waals surface area (Å²) in [5.74, 6) is -0.540. The van der Waals surface area contributed by atoms with Crippen LogP contribution in [0.25, 0.3) is 11.0 Å².